The van der Waals surface area contributed by atoms with E-state index in [1.165, 1.54) is 45.4 Å². The number of hydrogen-bond acceptors (Lipinski definition) is 7. The SMILES string of the molecule is CCCCCCCCCCCC(CC(=O)OCc1ccccc1)OC(=O)[C@H](C)NC(=O)[C@@H](CC(C)C)NC(=O)OC(C)(C)C. The van der Waals surface area contributed by atoms with Gasteiger partial charge in [-0.3, -0.25) is 9.59 Å². The van der Waals surface area contributed by atoms with E-state index in [4.69, 9.17) is 14.2 Å². The number of carbonyl (C=O) groups excluding carboxylic acids is 4. The van der Waals surface area contributed by atoms with Crippen molar-refractivity contribution in [2.24, 2.45) is 5.92 Å². The Balaban J connectivity index is 2.73. The molecule has 0 fully saturated rings. The first-order chi connectivity index (χ1) is 20.8. The smallest absolute Gasteiger partial charge is 0.408 e. The Morgan fingerprint density at radius 1 is 0.818 bits per heavy atom. The molecule has 0 bridgehead atoms. The quantitative estimate of drug-likeness (QED) is 0.0837. The lowest BCUT2D eigenvalue weighted by Gasteiger charge is -2.25. The van der Waals surface area contributed by atoms with E-state index in [9.17, 15) is 19.2 Å². The molecule has 0 saturated heterocycles. The molecule has 0 aliphatic rings. The summed E-state index contributed by atoms with van der Waals surface area (Å²) in [7, 11) is 0. The Kier molecular flexibility index (Phi) is 19.1. The Bertz CT molecular complexity index is 975. The molecule has 0 aliphatic carbocycles. The number of unbranched alkanes of at least 4 members (excludes halogenated alkanes) is 8. The van der Waals surface area contributed by atoms with Crippen molar-refractivity contribution in [3.63, 3.8) is 0 Å². The monoisotopic (exact) mass is 618 g/mol. The molecule has 0 aromatic heterocycles. The average molecular weight is 619 g/mol. The van der Waals surface area contributed by atoms with E-state index >= 15 is 0 Å². The zero-order chi connectivity index (χ0) is 33.0. The average Bonchev–Trinajstić information content (AvgIpc) is 2.94. The fraction of sp³-hybridized carbons (Fsp3) is 0.714. The number of carbonyl (C=O) groups is 4. The van der Waals surface area contributed by atoms with Crippen molar-refractivity contribution < 1.29 is 33.4 Å². The highest BCUT2D eigenvalue weighted by molar-refractivity contribution is 5.89. The number of nitrogens with one attached hydrogen (secondary N) is 2. The maximum Gasteiger partial charge on any atom is 0.408 e. The highest BCUT2D eigenvalue weighted by Gasteiger charge is 2.29. The van der Waals surface area contributed by atoms with Gasteiger partial charge in [0.25, 0.3) is 0 Å². The summed E-state index contributed by atoms with van der Waals surface area (Å²) in [6.45, 7) is 13.0. The van der Waals surface area contributed by atoms with Gasteiger partial charge in [0, 0.05) is 0 Å². The molecule has 250 valence electrons. The Hall–Kier alpha value is -3.10. The van der Waals surface area contributed by atoms with Gasteiger partial charge in [-0.05, 0) is 58.4 Å². The normalized spacial score (nSPS) is 13.5. The molecule has 0 heterocycles. The minimum atomic E-state index is -0.983. The summed E-state index contributed by atoms with van der Waals surface area (Å²) in [6, 6.07) is 7.53. The fourth-order valence-electron chi connectivity index (χ4n) is 4.66. The fourth-order valence-corrected chi connectivity index (χ4v) is 4.66. The summed E-state index contributed by atoms with van der Waals surface area (Å²) in [6.07, 6.45) is 9.81. The van der Waals surface area contributed by atoms with Crippen molar-refractivity contribution in [3.05, 3.63) is 35.9 Å². The lowest BCUT2D eigenvalue weighted by Crippen LogP contribution is -2.52. The summed E-state index contributed by atoms with van der Waals surface area (Å²) >= 11 is 0. The van der Waals surface area contributed by atoms with Crippen molar-refractivity contribution in [2.75, 3.05) is 0 Å². The van der Waals surface area contributed by atoms with E-state index in [0.717, 1.165) is 24.8 Å². The molecule has 0 saturated carbocycles. The maximum atomic E-state index is 13.1. The van der Waals surface area contributed by atoms with E-state index in [2.05, 4.69) is 17.6 Å². The van der Waals surface area contributed by atoms with Crippen LogP contribution < -0.4 is 10.6 Å². The second-order valence-corrected chi connectivity index (χ2v) is 13.1. The number of amides is 2. The molecule has 0 radical (unpaired) electrons. The minimum Gasteiger partial charge on any atom is -0.461 e. The zero-order valence-electron chi connectivity index (χ0n) is 28.2. The van der Waals surface area contributed by atoms with E-state index in [-0.39, 0.29) is 18.9 Å². The molecular weight excluding hydrogens is 560 g/mol. The van der Waals surface area contributed by atoms with E-state index < -0.39 is 47.7 Å². The van der Waals surface area contributed by atoms with Crippen LogP contribution in [0.3, 0.4) is 0 Å². The predicted molar refractivity (Wildman–Crippen MR) is 173 cm³/mol. The summed E-state index contributed by atoms with van der Waals surface area (Å²) in [4.78, 5) is 51.2. The molecular formula is C35H58N2O7. The van der Waals surface area contributed by atoms with Gasteiger partial charge in [0.1, 0.15) is 30.4 Å². The third kappa shape index (κ3) is 19.2. The Morgan fingerprint density at radius 2 is 1.41 bits per heavy atom. The number of alkyl carbamates (subject to hydrolysis) is 1. The van der Waals surface area contributed by atoms with Gasteiger partial charge in [-0.25, -0.2) is 9.59 Å². The third-order valence-electron chi connectivity index (χ3n) is 6.98. The number of esters is 2. The highest BCUT2D eigenvalue weighted by Crippen LogP contribution is 2.16. The van der Waals surface area contributed by atoms with Gasteiger partial charge in [0.05, 0.1) is 6.42 Å². The van der Waals surface area contributed by atoms with Gasteiger partial charge in [0.15, 0.2) is 0 Å². The zero-order valence-corrected chi connectivity index (χ0v) is 28.2. The van der Waals surface area contributed by atoms with Crippen LogP contribution >= 0.6 is 0 Å². The molecule has 2 amide bonds. The minimum absolute atomic E-state index is 0.0631. The number of hydrogen-bond donors (Lipinski definition) is 2. The van der Waals surface area contributed by atoms with Crippen molar-refractivity contribution in [1.29, 1.82) is 0 Å². The molecule has 9 nitrogen and oxygen atoms in total. The Morgan fingerprint density at radius 3 is 1.98 bits per heavy atom. The largest absolute Gasteiger partial charge is 0.461 e. The molecule has 0 spiro atoms. The van der Waals surface area contributed by atoms with Crippen LogP contribution in [0.2, 0.25) is 0 Å². The van der Waals surface area contributed by atoms with E-state index in [0.29, 0.717) is 12.8 Å². The summed E-state index contributed by atoms with van der Waals surface area (Å²) < 4.78 is 16.5. The van der Waals surface area contributed by atoms with E-state index in [1.807, 2.05) is 44.2 Å². The molecule has 44 heavy (non-hydrogen) atoms. The second-order valence-electron chi connectivity index (χ2n) is 13.1. The Labute approximate surface area is 265 Å². The van der Waals surface area contributed by atoms with Gasteiger partial charge < -0.3 is 24.8 Å². The highest BCUT2D eigenvalue weighted by atomic mass is 16.6. The maximum absolute atomic E-state index is 13.1. The molecule has 3 atom stereocenters. The van der Waals surface area contributed by atoms with Gasteiger partial charge in [-0.15, -0.1) is 0 Å². The van der Waals surface area contributed by atoms with Gasteiger partial charge in [-0.1, -0.05) is 102 Å². The van der Waals surface area contributed by atoms with Gasteiger partial charge in [-0.2, -0.15) is 0 Å². The van der Waals surface area contributed by atoms with Crippen LogP contribution in [0.4, 0.5) is 4.79 Å². The lowest BCUT2D eigenvalue weighted by molar-refractivity contribution is -0.158. The first-order valence-electron chi connectivity index (χ1n) is 16.5. The predicted octanol–water partition coefficient (Wildman–Crippen LogP) is 7.40. The summed E-state index contributed by atoms with van der Waals surface area (Å²) in [5.41, 5.74) is 0.159. The van der Waals surface area contributed by atoms with E-state index in [1.54, 1.807) is 20.8 Å². The van der Waals surface area contributed by atoms with Gasteiger partial charge in [0.2, 0.25) is 5.91 Å². The first kappa shape index (κ1) is 38.9. The summed E-state index contributed by atoms with van der Waals surface area (Å²) in [5, 5.41) is 5.28. The van der Waals surface area contributed by atoms with Crippen LogP contribution in [0.15, 0.2) is 30.3 Å². The number of rotatable bonds is 21. The van der Waals surface area contributed by atoms with Crippen molar-refractivity contribution in [3.8, 4) is 0 Å². The van der Waals surface area contributed by atoms with Crippen LogP contribution in [0.25, 0.3) is 0 Å². The van der Waals surface area contributed by atoms with Gasteiger partial charge >= 0.3 is 18.0 Å². The number of ether oxygens (including phenoxy) is 3. The van der Waals surface area contributed by atoms with Crippen LogP contribution in [-0.2, 0) is 35.2 Å². The molecule has 2 N–H and O–H groups in total. The molecule has 1 aromatic carbocycles. The van der Waals surface area contributed by atoms with Crippen LogP contribution in [-0.4, -0.2) is 47.7 Å². The second kappa shape index (κ2) is 21.6. The standard InChI is InChI=1S/C35H58N2O7/c1-8-9-10-11-12-13-14-15-19-22-29(24-31(38)42-25-28-20-17-16-18-21-28)43-33(40)27(4)36-32(39)30(23-26(2)3)37-34(41)44-35(5,6)7/h16-18,20-21,26-27,29-30H,8-15,19,22-25H2,1-7H3,(H,36,39)(H,37,41)/t27-,29?,30+/m0/s1. The van der Waals surface area contributed by atoms with Crippen molar-refractivity contribution in [1.82, 2.24) is 10.6 Å². The molecule has 9 heteroatoms. The molecule has 1 aromatic rings. The molecule has 1 rings (SSSR count). The number of benzene rings is 1. The van der Waals surface area contributed by atoms with Crippen LogP contribution in [0, 0.1) is 5.92 Å². The first-order valence-corrected chi connectivity index (χ1v) is 16.5. The third-order valence-corrected chi connectivity index (χ3v) is 6.98. The van der Waals surface area contributed by atoms with Crippen LogP contribution in [0.5, 0.6) is 0 Å². The van der Waals surface area contributed by atoms with Crippen molar-refractivity contribution >= 4 is 23.9 Å². The molecule has 0 aliphatic heterocycles. The van der Waals surface area contributed by atoms with Crippen molar-refractivity contribution in [2.45, 2.75) is 156 Å². The summed E-state index contributed by atoms with van der Waals surface area (Å²) in [5.74, 6) is -1.49. The topological polar surface area (TPSA) is 120 Å². The van der Waals surface area contributed by atoms with Crippen LogP contribution in [0.1, 0.15) is 131 Å². The molecule has 1 unspecified atom stereocenters. The lowest BCUT2D eigenvalue weighted by atomic mass is 10.0.